The monoisotopic (exact) mass is 476 g/mol. The summed E-state index contributed by atoms with van der Waals surface area (Å²) >= 11 is 0. The number of anilines is 3. The van der Waals surface area contributed by atoms with Gasteiger partial charge in [-0.1, -0.05) is 0 Å². The van der Waals surface area contributed by atoms with Gasteiger partial charge in [0.1, 0.15) is 11.4 Å². The standard InChI is InChI=1S/C23H24N8O4/c1-28-7-5-6-17(28)21(33)27-19-12-31(4)20(26-19)23(35)25-15-9-18(30(3)11-15)22(34)24-14-8-16(13-32)29(2)10-14/h5-13H,1-4H3,(H,24,34)(H,25,35)(H,27,33). The molecule has 3 amide bonds. The maximum Gasteiger partial charge on any atom is 0.291 e. The summed E-state index contributed by atoms with van der Waals surface area (Å²) in [6.07, 6.45) is 7.20. The third-order valence-corrected chi connectivity index (χ3v) is 5.41. The molecule has 3 N–H and O–H groups in total. The lowest BCUT2D eigenvalue weighted by Crippen LogP contribution is -2.17. The van der Waals surface area contributed by atoms with Gasteiger partial charge < -0.3 is 34.2 Å². The molecule has 4 aromatic heterocycles. The predicted molar refractivity (Wildman–Crippen MR) is 129 cm³/mol. The first kappa shape index (κ1) is 23.3. The van der Waals surface area contributed by atoms with Crippen LogP contribution in [-0.4, -0.2) is 47.3 Å². The van der Waals surface area contributed by atoms with Gasteiger partial charge in [0.15, 0.2) is 12.1 Å². The summed E-state index contributed by atoms with van der Waals surface area (Å²) in [6, 6.07) is 6.51. The van der Waals surface area contributed by atoms with Crippen molar-refractivity contribution in [1.29, 1.82) is 0 Å². The molecule has 0 atom stereocenters. The Morgan fingerprint density at radius 3 is 2.09 bits per heavy atom. The highest BCUT2D eigenvalue weighted by atomic mass is 16.2. The van der Waals surface area contributed by atoms with E-state index in [1.807, 2.05) is 0 Å². The summed E-state index contributed by atoms with van der Waals surface area (Å²) < 4.78 is 6.33. The van der Waals surface area contributed by atoms with Crippen LogP contribution in [0.4, 0.5) is 17.2 Å². The molecule has 35 heavy (non-hydrogen) atoms. The molecule has 0 aliphatic heterocycles. The molecule has 180 valence electrons. The fourth-order valence-corrected chi connectivity index (χ4v) is 3.62. The number of hydrogen-bond donors (Lipinski definition) is 3. The van der Waals surface area contributed by atoms with Gasteiger partial charge >= 0.3 is 0 Å². The van der Waals surface area contributed by atoms with E-state index in [9.17, 15) is 19.2 Å². The number of carbonyl (C=O) groups is 4. The number of nitrogens with zero attached hydrogens (tertiary/aromatic N) is 5. The molecule has 0 aliphatic carbocycles. The number of nitrogens with one attached hydrogen (secondary N) is 3. The Morgan fingerprint density at radius 2 is 1.43 bits per heavy atom. The SMILES string of the molecule is Cn1cc(NC(=O)c2cc(NC(=O)c3nc(NC(=O)c4cccn4C)cn3C)cn2C)cc1C=O. The quantitative estimate of drug-likeness (QED) is 0.351. The molecule has 0 radical (unpaired) electrons. The molecule has 4 rings (SSSR count). The van der Waals surface area contributed by atoms with Crippen LogP contribution in [0.15, 0.2) is 49.1 Å². The molecule has 12 nitrogen and oxygen atoms in total. The Balaban J connectivity index is 1.44. The van der Waals surface area contributed by atoms with Crippen molar-refractivity contribution in [1.82, 2.24) is 23.3 Å². The second-order valence-electron chi connectivity index (χ2n) is 8.03. The van der Waals surface area contributed by atoms with Crippen molar-refractivity contribution in [2.45, 2.75) is 0 Å². The van der Waals surface area contributed by atoms with Crippen LogP contribution in [0.25, 0.3) is 0 Å². The average molecular weight is 476 g/mol. The maximum absolute atomic E-state index is 12.8. The van der Waals surface area contributed by atoms with Crippen molar-refractivity contribution in [2.75, 3.05) is 16.0 Å². The van der Waals surface area contributed by atoms with Crippen molar-refractivity contribution >= 4 is 41.2 Å². The largest absolute Gasteiger partial charge is 0.347 e. The Bertz CT molecular complexity index is 1450. The van der Waals surface area contributed by atoms with Gasteiger partial charge in [-0.2, -0.15) is 0 Å². The van der Waals surface area contributed by atoms with Gasteiger partial charge in [0.2, 0.25) is 5.82 Å². The molecule has 0 aromatic carbocycles. The first-order valence-corrected chi connectivity index (χ1v) is 10.5. The highest BCUT2D eigenvalue weighted by molar-refractivity contribution is 6.07. The van der Waals surface area contributed by atoms with Crippen molar-refractivity contribution < 1.29 is 19.2 Å². The van der Waals surface area contributed by atoms with Crippen LogP contribution in [0.3, 0.4) is 0 Å². The second kappa shape index (κ2) is 9.17. The van der Waals surface area contributed by atoms with Crippen LogP contribution in [-0.2, 0) is 28.2 Å². The van der Waals surface area contributed by atoms with Gasteiger partial charge in [0, 0.05) is 53.0 Å². The van der Waals surface area contributed by atoms with Gasteiger partial charge in [-0.3, -0.25) is 19.2 Å². The molecular formula is C23H24N8O4. The summed E-state index contributed by atoms with van der Waals surface area (Å²) in [5.74, 6) is -0.955. The van der Waals surface area contributed by atoms with Gasteiger partial charge in [0.25, 0.3) is 17.7 Å². The maximum atomic E-state index is 12.8. The van der Waals surface area contributed by atoms with E-state index in [4.69, 9.17) is 0 Å². The van der Waals surface area contributed by atoms with E-state index < -0.39 is 11.8 Å². The Kier molecular flexibility index (Phi) is 6.10. The van der Waals surface area contributed by atoms with Crippen molar-refractivity contribution in [2.24, 2.45) is 28.2 Å². The van der Waals surface area contributed by atoms with Gasteiger partial charge in [-0.15, -0.1) is 0 Å². The first-order chi connectivity index (χ1) is 16.7. The Labute approximate surface area is 200 Å². The van der Waals surface area contributed by atoms with E-state index in [0.29, 0.717) is 34.7 Å². The van der Waals surface area contributed by atoms with Crippen LogP contribution >= 0.6 is 0 Å². The first-order valence-electron chi connectivity index (χ1n) is 10.5. The highest BCUT2D eigenvalue weighted by Crippen LogP contribution is 2.18. The molecule has 4 aromatic rings. The van der Waals surface area contributed by atoms with E-state index in [0.717, 1.165) is 0 Å². The van der Waals surface area contributed by atoms with Crippen LogP contribution in [0, 0.1) is 0 Å². The minimum atomic E-state index is -0.511. The second-order valence-corrected chi connectivity index (χ2v) is 8.03. The zero-order valence-electron chi connectivity index (χ0n) is 19.6. The lowest BCUT2D eigenvalue weighted by molar-refractivity contribution is 0.100. The minimum absolute atomic E-state index is 0.0766. The van der Waals surface area contributed by atoms with E-state index in [1.165, 1.54) is 16.8 Å². The van der Waals surface area contributed by atoms with Gasteiger partial charge in [0.05, 0.1) is 17.1 Å². The number of amides is 3. The molecule has 0 bridgehead atoms. The Hall–Kier alpha value is -4.87. The topological polar surface area (TPSA) is 137 Å². The summed E-state index contributed by atoms with van der Waals surface area (Å²) in [6.45, 7) is 0. The molecule has 4 heterocycles. The number of aryl methyl sites for hydroxylation is 4. The lowest BCUT2D eigenvalue weighted by atomic mass is 10.3. The fourth-order valence-electron chi connectivity index (χ4n) is 3.62. The molecule has 0 unspecified atom stereocenters. The Morgan fingerprint density at radius 1 is 0.771 bits per heavy atom. The molecule has 0 fully saturated rings. The van der Waals surface area contributed by atoms with Crippen molar-refractivity contribution in [3.63, 3.8) is 0 Å². The van der Waals surface area contributed by atoms with Crippen molar-refractivity contribution in [3.8, 4) is 0 Å². The highest BCUT2D eigenvalue weighted by Gasteiger charge is 2.19. The van der Waals surface area contributed by atoms with Crippen LogP contribution < -0.4 is 16.0 Å². The summed E-state index contributed by atoms with van der Waals surface area (Å²) in [5, 5.41) is 8.12. The molecule has 0 aliphatic rings. The molecule has 12 heteroatoms. The summed E-state index contributed by atoms with van der Waals surface area (Å²) in [4.78, 5) is 53.1. The molecule has 0 spiro atoms. The minimum Gasteiger partial charge on any atom is -0.347 e. The number of aldehydes is 1. The zero-order valence-corrected chi connectivity index (χ0v) is 19.6. The third-order valence-electron chi connectivity index (χ3n) is 5.41. The van der Waals surface area contributed by atoms with Crippen LogP contribution in [0.5, 0.6) is 0 Å². The normalized spacial score (nSPS) is 10.7. The summed E-state index contributed by atoms with van der Waals surface area (Å²) in [5.41, 5.74) is 2.04. The molecular weight excluding hydrogens is 452 g/mol. The fraction of sp³-hybridized carbons (Fsp3) is 0.174. The molecule has 0 saturated heterocycles. The van der Waals surface area contributed by atoms with Gasteiger partial charge in [-0.05, 0) is 24.3 Å². The average Bonchev–Trinajstić information content (AvgIpc) is 3.55. The van der Waals surface area contributed by atoms with Gasteiger partial charge in [-0.25, -0.2) is 4.98 Å². The van der Waals surface area contributed by atoms with Crippen molar-refractivity contribution in [3.05, 3.63) is 72.0 Å². The summed E-state index contributed by atoms with van der Waals surface area (Å²) in [7, 11) is 6.76. The lowest BCUT2D eigenvalue weighted by Gasteiger charge is -2.03. The zero-order chi connectivity index (χ0) is 25.3. The number of rotatable bonds is 7. The van der Waals surface area contributed by atoms with Crippen LogP contribution in [0.1, 0.15) is 42.1 Å². The number of aromatic nitrogens is 5. The van der Waals surface area contributed by atoms with E-state index in [1.54, 1.807) is 78.7 Å². The van der Waals surface area contributed by atoms with E-state index in [-0.39, 0.29) is 17.5 Å². The number of hydrogen-bond acceptors (Lipinski definition) is 5. The van der Waals surface area contributed by atoms with E-state index in [2.05, 4.69) is 20.9 Å². The molecule has 0 saturated carbocycles. The third kappa shape index (κ3) is 4.76. The predicted octanol–water partition coefficient (Wildman–Crippen LogP) is 2.00. The van der Waals surface area contributed by atoms with Crippen LogP contribution in [0.2, 0.25) is 0 Å². The number of imidazole rings is 1. The van der Waals surface area contributed by atoms with E-state index >= 15 is 0 Å². The number of carbonyl (C=O) groups excluding carboxylic acids is 4. The smallest absolute Gasteiger partial charge is 0.291 e.